The number of piperidine rings is 1. The first-order valence-electron chi connectivity index (χ1n) is 10.5. The lowest BCUT2D eigenvalue weighted by atomic mass is 9.99. The molecule has 1 aliphatic heterocycles. The predicted molar refractivity (Wildman–Crippen MR) is 124 cm³/mol. The summed E-state index contributed by atoms with van der Waals surface area (Å²) in [6.07, 6.45) is 1.93. The van der Waals surface area contributed by atoms with Crippen LogP contribution in [0.1, 0.15) is 28.8 Å². The molecule has 162 valence electrons. The molecule has 0 atom stereocenters. The minimum atomic E-state index is -3.67. The molecule has 0 spiro atoms. The van der Waals surface area contributed by atoms with Crippen LogP contribution in [0, 0.1) is 12.8 Å². The molecule has 0 saturated carbocycles. The molecular weight excluding hydrogens is 410 g/mol. The second-order valence-electron chi connectivity index (χ2n) is 7.97. The van der Waals surface area contributed by atoms with Gasteiger partial charge in [0.05, 0.1) is 4.90 Å². The molecule has 1 aliphatic rings. The predicted octanol–water partition coefficient (Wildman–Crippen LogP) is 3.68. The first-order valence-corrected chi connectivity index (χ1v) is 12.0. The molecule has 3 aromatic carbocycles. The van der Waals surface area contributed by atoms with E-state index in [1.54, 1.807) is 30.3 Å². The third kappa shape index (κ3) is 4.79. The molecule has 3 N–H and O–H groups in total. The van der Waals surface area contributed by atoms with Crippen LogP contribution < -0.4 is 15.4 Å². The van der Waals surface area contributed by atoms with Gasteiger partial charge in [-0.1, -0.05) is 42.5 Å². The van der Waals surface area contributed by atoms with Crippen LogP contribution in [0.25, 0.3) is 10.8 Å². The highest BCUT2D eigenvalue weighted by molar-refractivity contribution is 7.89. The number of nitrogens with one attached hydrogen (secondary N) is 3. The van der Waals surface area contributed by atoms with Gasteiger partial charge in [0.25, 0.3) is 5.91 Å². The molecule has 0 aromatic heterocycles. The van der Waals surface area contributed by atoms with Crippen LogP contribution in [0.5, 0.6) is 0 Å². The zero-order valence-electron chi connectivity index (χ0n) is 17.5. The maximum absolute atomic E-state index is 13.1. The lowest BCUT2D eigenvalue weighted by molar-refractivity contribution is 0.102. The standard InChI is InChI=1S/C24H27N3O3S/c1-17-6-2-3-7-19(17)24(28)27-22-10-11-23(21-9-5-4-8-20(21)22)31(29,30)26-16-18-12-14-25-15-13-18/h2-11,18,25-26H,12-16H2,1H3,(H,27,28). The number of anilines is 1. The number of amides is 1. The van der Waals surface area contributed by atoms with Crippen LogP contribution in [-0.4, -0.2) is 34.0 Å². The van der Waals surface area contributed by atoms with E-state index in [0.717, 1.165) is 31.5 Å². The number of hydrogen-bond donors (Lipinski definition) is 3. The van der Waals surface area contributed by atoms with E-state index in [1.165, 1.54) is 0 Å². The second-order valence-corrected chi connectivity index (χ2v) is 9.71. The van der Waals surface area contributed by atoms with Gasteiger partial charge < -0.3 is 10.6 Å². The van der Waals surface area contributed by atoms with Crippen molar-refractivity contribution in [3.63, 3.8) is 0 Å². The smallest absolute Gasteiger partial charge is 0.255 e. The molecule has 31 heavy (non-hydrogen) atoms. The van der Waals surface area contributed by atoms with Crippen LogP contribution in [0.2, 0.25) is 0 Å². The lowest BCUT2D eigenvalue weighted by Crippen LogP contribution is -2.36. The zero-order valence-corrected chi connectivity index (χ0v) is 18.3. The molecular formula is C24H27N3O3S. The van der Waals surface area contributed by atoms with Gasteiger partial charge in [0.15, 0.2) is 0 Å². The molecule has 1 saturated heterocycles. The van der Waals surface area contributed by atoms with E-state index in [1.807, 2.05) is 37.3 Å². The van der Waals surface area contributed by atoms with Crippen molar-refractivity contribution < 1.29 is 13.2 Å². The summed E-state index contributed by atoms with van der Waals surface area (Å²) in [6, 6.07) is 17.9. The van der Waals surface area contributed by atoms with Gasteiger partial charge in [-0.25, -0.2) is 13.1 Å². The van der Waals surface area contributed by atoms with Crippen molar-refractivity contribution in [2.24, 2.45) is 5.92 Å². The SMILES string of the molecule is Cc1ccccc1C(=O)Nc1ccc(S(=O)(=O)NCC2CCNCC2)c2ccccc12. The molecule has 4 rings (SSSR count). The summed E-state index contributed by atoms with van der Waals surface area (Å²) < 4.78 is 28.9. The average Bonchev–Trinajstić information content (AvgIpc) is 2.79. The summed E-state index contributed by atoms with van der Waals surface area (Å²) in [6.45, 7) is 4.16. The first kappa shape index (κ1) is 21.5. The molecule has 0 radical (unpaired) electrons. The highest BCUT2D eigenvalue weighted by atomic mass is 32.2. The number of hydrogen-bond acceptors (Lipinski definition) is 4. The van der Waals surface area contributed by atoms with Crippen LogP contribution in [0.3, 0.4) is 0 Å². The van der Waals surface area contributed by atoms with Gasteiger partial charge in [-0.3, -0.25) is 4.79 Å². The Morgan fingerprint density at radius 1 is 0.968 bits per heavy atom. The van der Waals surface area contributed by atoms with Gasteiger partial charge >= 0.3 is 0 Å². The number of fused-ring (bicyclic) bond motifs is 1. The van der Waals surface area contributed by atoms with Crippen LogP contribution in [0.4, 0.5) is 5.69 Å². The number of carbonyl (C=O) groups excluding carboxylic acids is 1. The van der Waals surface area contributed by atoms with Crippen molar-refractivity contribution >= 4 is 32.4 Å². The molecule has 6 nitrogen and oxygen atoms in total. The summed E-state index contributed by atoms with van der Waals surface area (Å²) in [4.78, 5) is 13.0. The van der Waals surface area contributed by atoms with E-state index in [2.05, 4.69) is 15.4 Å². The Hall–Kier alpha value is -2.74. The Morgan fingerprint density at radius 3 is 2.39 bits per heavy atom. The minimum Gasteiger partial charge on any atom is -0.321 e. The van der Waals surface area contributed by atoms with E-state index in [-0.39, 0.29) is 10.8 Å². The average molecular weight is 438 g/mol. The van der Waals surface area contributed by atoms with E-state index in [4.69, 9.17) is 0 Å². The maximum Gasteiger partial charge on any atom is 0.255 e. The fourth-order valence-electron chi connectivity index (χ4n) is 4.02. The zero-order chi connectivity index (χ0) is 21.8. The van der Waals surface area contributed by atoms with Crippen LogP contribution in [-0.2, 0) is 10.0 Å². The number of rotatable bonds is 6. The topological polar surface area (TPSA) is 87.3 Å². The number of benzene rings is 3. The molecule has 3 aromatic rings. The van der Waals surface area contributed by atoms with E-state index >= 15 is 0 Å². The Morgan fingerprint density at radius 2 is 1.65 bits per heavy atom. The van der Waals surface area contributed by atoms with Gasteiger partial charge in [-0.05, 0) is 62.5 Å². The summed E-state index contributed by atoms with van der Waals surface area (Å²) in [5.41, 5.74) is 2.05. The summed E-state index contributed by atoms with van der Waals surface area (Å²) in [5, 5.41) is 7.51. The molecule has 1 heterocycles. The normalized spacial score (nSPS) is 15.1. The van der Waals surface area contributed by atoms with Crippen molar-refractivity contribution in [1.29, 1.82) is 0 Å². The van der Waals surface area contributed by atoms with Crippen molar-refractivity contribution in [1.82, 2.24) is 10.0 Å². The molecule has 7 heteroatoms. The highest BCUT2D eigenvalue weighted by Crippen LogP contribution is 2.30. The minimum absolute atomic E-state index is 0.220. The third-order valence-electron chi connectivity index (χ3n) is 5.83. The number of carbonyl (C=O) groups is 1. The van der Waals surface area contributed by atoms with Crippen molar-refractivity contribution in [3.8, 4) is 0 Å². The Kier molecular flexibility index (Phi) is 6.36. The van der Waals surface area contributed by atoms with Gasteiger partial charge in [0, 0.05) is 28.6 Å². The first-order chi connectivity index (χ1) is 15.0. The Labute approximate surface area is 183 Å². The third-order valence-corrected chi connectivity index (χ3v) is 7.31. The van der Waals surface area contributed by atoms with Gasteiger partial charge in [-0.15, -0.1) is 0 Å². The van der Waals surface area contributed by atoms with E-state index < -0.39 is 10.0 Å². The lowest BCUT2D eigenvalue weighted by Gasteiger charge is -2.23. The molecule has 0 bridgehead atoms. The van der Waals surface area contributed by atoms with Gasteiger partial charge in [-0.2, -0.15) is 0 Å². The Balaban J connectivity index is 1.62. The fourth-order valence-corrected chi connectivity index (χ4v) is 5.35. The summed E-state index contributed by atoms with van der Waals surface area (Å²) in [7, 11) is -3.67. The summed E-state index contributed by atoms with van der Waals surface area (Å²) in [5.74, 6) is 0.123. The van der Waals surface area contributed by atoms with E-state index in [9.17, 15) is 13.2 Å². The second kappa shape index (κ2) is 9.18. The van der Waals surface area contributed by atoms with Crippen molar-refractivity contribution in [2.45, 2.75) is 24.7 Å². The number of aryl methyl sites for hydroxylation is 1. The molecule has 1 fully saturated rings. The monoisotopic (exact) mass is 437 g/mol. The molecule has 1 amide bonds. The van der Waals surface area contributed by atoms with E-state index in [0.29, 0.717) is 34.5 Å². The summed E-state index contributed by atoms with van der Waals surface area (Å²) >= 11 is 0. The van der Waals surface area contributed by atoms with Crippen molar-refractivity contribution in [2.75, 3.05) is 25.0 Å². The quantitative estimate of drug-likeness (QED) is 0.549. The fraction of sp³-hybridized carbons (Fsp3) is 0.292. The Bertz CT molecular complexity index is 1200. The number of sulfonamides is 1. The highest BCUT2D eigenvalue weighted by Gasteiger charge is 2.22. The maximum atomic E-state index is 13.1. The molecule has 0 aliphatic carbocycles. The van der Waals surface area contributed by atoms with Gasteiger partial charge in [0.2, 0.25) is 10.0 Å². The van der Waals surface area contributed by atoms with Crippen molar-refractivity contribution in [3.05, 3.63) is 71.8 Å². The van der Waals surface area contributed by atoms with Gasteiger partial charge in [0.1, 0.15) is 0 Å². The van der Waals surface area contributed by atoms with Crippen LogP contribution in [0.15, 0.2) is 65.6 Å². The molecule has 0 unspecified atom stereocenters. The van der Waals surface area contributed by atoms with Crippen LogP contribution >= 0.6 is 0 Å². The largest absolute Gasteiger partial charge is 0.321 e.